The normalized spacial score (nSPS) is 10.8. The highest BCUT2D eigenvalue weighted by molar-refractivity contribution is 5.83. The minimum Gasteiger partial charge on any atom is -0.489 e. The van der Waals surface area contributed by atoms with Crippen LogP contribution in [0.4, 0.5) is 5.82 Å². The number of H-pyrrole nitrogens is 1. The summed E-state index contributed by atoms with van der Waals surface area (Å²) >= 11 is 0. The molecule has 0 aliphatic rings. The van der Waals surface area contributed by atoms with Gasteiger partial charge in [0.05, 0.1) is 6.33 Å². The summed E-state index contributed by atoms with van der Waals surface area (Å²) in [5.74, 6) is 1.71. The Labute approximate surface area is 138 Å². The molecule has 0 saturated carbocycles. The van der Waals surface area contributed by atoms with Gasteiger partial charge in [0, 0.05) is 5.56 Å². The third-order valence-electron chi connectivity index (χ3n) is 3.67. The number of aromatic amines is 1. The second-order valence-corrected chi connectivity index (χ2v) is 5.33. The summed E-state index contributed by atoms with van der Waals surface area (Å²) in [6.45, 7) is 0.531. The molecule has 6 nitrogen and oxygen atoms in total. The molecule has 6 heteroatoms. The highest BCUT2D eigenvalue weighted by Gasteiger charge is 2.09. The molecule has 0 unspecified atom stereocenters. The number of rotatable bonds is 4. The summed E-state index contributed by atoms with van der Waals surface area (Å²) in [5.41, 5.74) is 9.13. The van der Waals surface area contributed by atoms with Gasteiger partial charge < -0.3 is 15.5 Å². The van der Waals surface area contributed by atoms with Crippen molar-refractivity contribution in [3.05, 3.63) is 66.5 Å². The molecule has 0 atom stereocenters. The molecular formula is C18H15N5O. The summed E-state index contributed by atoms with van der Waals surface area (Å²) in [7, 11) is 0. The Morgan fingerprint density at radius 2 is 1.75 bits per heavy atom. The minimum absolute atomic E-state index is 0.362. The molecule has 24 heavy (non-hydrogen) atoms. The van der Waals surface area contributed by atoms with Crippen molar-refractivity contribution < 1.29 is 4.74 Å². The number of fused-ring (bicyclic) bond motifs is 1. The topological polar surface area (TPSA) is 89.7 Å². The fourth-order valence-corrected chi connectivity index (χ4v) is 2.43. The van der Waals surface area contributed by atoms with Gasteiger partial charge in [0.1, 0.15) is 17.9 Å². The van der Waals surface area contributed by atoms with Gasteiger partial charge in [-0.15, -0.1) is 0 Å². The van der Waals surface area contributed by atoms with E-state index >= 15 is 0 Å². The quantitative estimate of drug-likeness (QED) is 0.603. The third kappa shape index (κ3) is 2.77. The molecular weight excluding hydrogens is 302 g/mol. The lowest BCUT2D eigenvalue weighted by Gasteiger charge is -2.07. The van der Waals surface area contributed by atoms with E-state index < -0.39 is 0 Å². The Bertz CT molecular complexity index is 964. The predicted octanol–water partition coefficient (Wildman–Crippen LogP) is 3.18. The van der Waals surface area contributed by atoms with Crippen molar-refractivity contribution in [3.63, 3.8) is 0 Å². The molecule has 118 valence electrons. The zero-order chi connectivity index (χ0) is 16.4. The van der Waals surface area contributed by atoms with Gasteiger partial charge in [-0.1, -0.05) is 30.3 Å². The SMILES string of the molecule is Nc1nc(-c2ccc(OCc3ccccc3)cc2)nc2[nH]cnc12. The number of aromatic nitrogens is 4. The first-order valence-corrected chi connectivity index (χ1v) is 7.53. The van der Waals surface area contributed by atoms with Crippen LogP contribution in [0, 0.1) is 0 Å². The van der Waals surface area contributed by atoms with Gasteiger partial charge in [0.25, 0.3) is 0 Å². The smallest absolute Gasteiger partial charge is 0.164 e. The Kier molecular flexibility index (Phi) is 3.55. The fraction of sp³-hybridized carbons (Fsp3) is 0.0556. The monoisotopic (exact) mass is 317 g/mol. The zero-order valence-electron chi connectivity index (χ0n) is 12.8. The van der Waals surface area contributed by atoms with Gasteiger partial charge in [-0.25, -0.2) is 15.0 Å². The maximum atomic E-state index is 5.92. The van der Waals surface area contributed by atoms with Crippen LogP contribution in [0.2, 0.25) is 0 Å². The van der Waals surface area contributed by atoms with Gasteiger partial charge in [0.2, 0.25) is 0 Å². The largest absolute Gasteiger partial charge is 0.489 e. The summed E-state index contributed by atoms with van der Waals surface area (Å²) in [6.07, 6.45) is 1.56. The van der Waals surface area contributed by atoms with Crippen LogP contribution in [0.3, 0.4) is 0 Å². The number of hydrogen-bond acceptors (Lipinski definition) is 5. The lowest BCUT2D eigenvalue weighted by Crippen LogP contribution is -1.98. The van der Waals surface area contributed by atoms with E-state index in [4.69, 9.17) is 10.5 Å². The van der Waals surface area contributed by atoms with Crippen LogP contribution >= 0.6 is 0 Å². The fourth-order valence-electron chi connectivity index (χ4n) is 2.43. The number of nitrogens with zero attached hydrogens (tertiary/aromatic N) is 3. The molecule has 3 N–H and O–H groups in total. The van der Waals surface area contributed by atoms with Crippen LogP contribution in [0.15, 0.2) is 60.9 Å². The van der Waals surface area contributed by atoms with E-state index in [0.29, 0.717) is 29.4 Å². The third-order valence-corrected chi connectivity index (χ3v) is 3.67. The number of nitrogen functional groups attached to an aromatic ring is 1. The lowest BCUT2D eigenvalue weighted by molar-refractivity contribution is 0.306. The Balaban J connectivity index is 1.54. The van der Waals surface area contributed by atoms with E-state index in [1.54, 1.807) is 6.33 Å². The van der Waals surface area contributed by atoms with Crippen molar-refractivity contribution in [1.82, 2.24) is 19.9 Å². The van der Waals surface area contributed by atoms with Crippen molar-refractivity contribution in [2.24, 2.45) is 0 Å². The summed E-state index contributed by atoms with van der Waals surface area (Å²) in [4.78, 5) is 15.8. The molecule has 2 heterocycles. The van der Waals surface area contributed by atoms with Crippen molar-refractivity contribution in [3.8, 4) is 17.1 Å². The van der Waals surface area contributed by atoms with Crippen LogP contribution in [0.5, 0.6) is 5.75 Å². The van der Waals surface area contributed by atoms with E-state index in [2.05, 4.69) is 19.9 Å². The molecule has 0 aliphatic carbocycles. The predicted molar refractivity (Wildman–Crippen MR) is 92.3 cm³/mol. The zero-order valence-corrected chi connectivity index (χ0v) is 12.8. The van der Waals surface area contributed by atoms with E-state index in [9.17, 15) is 0 Å². The van der Waals surface area contributed by atoms with Crippen molar-refractivity contribution in [1.29, 1.82) is 0 Å². The molecule has 0 spiro atoms. The Hall–Kier alpha value is -3.41. The van der Waals surface area contributed by atoms with Gasteiger partial charge in [-0.2, -0.15) is 0 Å². The molecule has 4 rings (SSSR count). The van der Waals surface area contributed by atoms with Crippen molar-refractivity contribution in [2.75, 3.05) is 5.73 Å². The Morgan fingerprint density at radius 3 is 2.54 bits per heavy atom. The van der Waals surface area contributed by atoms with Crippen LogP contribution in [-0.2, 0) is 6.61 Å². The first-order chi connectivity index (χ1) is 11.8. The first kappa shape index (κ1) is 14.2. The van der Waals surface area contributed by atoms with Crippen molar-refractivity contribution >= 4 is 17.0 Å². The molecule has 0 aliphatic heterocycles. The number of imidazole rings is 1. The maximum Gasteiger partial charge on any atom is 0.164 e. The van der Waals surface area contributed by atoms with Gasteiger partial charge in [-0.3, -0.25) is 0 Å². The highest BCUT2D eigenvalue weighted by atomic mass is 16.5. The maximum absolute atomic E-state index is 5.92. The number of nitrogens with one attached hydrogen (secondary N) is 1. The number of anilines is 1. The summed E-state index contributed by atoms with van der Waals surface area (Å²) < 4.78 is 5.78. The molecule has 0 fully saturated rings. The second-order valence-electron chi connectivity index (χ2n) is 5.33. The van der Waals surface area contributed by atoms with E-state index in [1.165, 1.54) is 0 Å². The van der Waals surface area contributed by atoms with Gasteiger partial charge in [0.15, 0.2) is 17.3 Å². The lowest BCUT2D eigenvalue weighted by atomic mass is 10.2. The summed E-state index contributed by atoms with van der Waals surface area (Å²) in [5, 5.41) is 0. The molecule has 0 bridgehead atoms. The second kappa shape index (κ2) is 6.00. The van der Waals surface area contributed by atoms with Crippen LogP contribution in [0.1, 0.15) is 5.56 Å². The average molecular weight is 317 g/mol. The van der Waals surface area contributed by atoms with Gasteiger partial charge >= 0.3 is 0 Å². The minimum atomic E-state index is 0.362. The molecule has 0 radical (unpaired) electrons. The molecule has 2 aromatic carbocycles. The standard InChI is InChI=1S/C18H15N5O/c19-16-15-18(21-11-20-15)23-17(22-16)13-6-8-14(9-7-13)24-10-12-4-2-1-3-5-12/h1-9,11H,10H2,(H3,19,20,21,22,23). The number of hydrogen-bond donors (Lipinski definition) is 2. The number of ether oxygens (including phenoxy) is 1. The van der Waals surface area contributed by atoms with Crippen LogP contribution < -0.4 is 10.5 Å². The first-order valence-electron chi connectivity index (χ1n) is 7.53. The van der Waals surface area contributed by atoms with E-state index in [-0.39, 0.29) is 0 Å². The van der Waals surface area contributed by atoms with E-state index in [1.807, 2.05) is 54.6 Å². The van der Waals surface area contributed by atoms with Crippen LogP contribution in [-0.4, -0.2) is 19.9 Å². The van der Waals surface area contributed by atoms with Crippen LogP contribution in [0.25, 0.3) is 22.6 Å². The Morgan fingerprint density at radius 1 is 0.958 bits per heavy atom. The molecule has 4 aromatic rings. The van der Waals surface area contributed by atoms with E-state index in [0.717, 1.165) is 16.9 Å². The molecule has 0 amide bonds. The highest BCUT2D eigenvalue weighted by Crippen LogP contribution is 2.23. The molecule has 0 saturated heterocycles. The average Bonchev–Trinajstić information content (AvgIpc) is 3.10. The molecule has 2 aromatic heterocycles. The van der Waals surface area contributed by atoms with Crippen molar-refractivity contribution in [2.45, 2.75) is 6.61 Å². The van der Waals surface area contributed by atoms with Gasteiger partial charge in [-0.05, 0) is 29.8 Å². The summed E-state index contributed by atoms with van der Waals surface area (Å²) in [6, 6.07) is 17.7. The number of nitrogens with two attached hydrogens (primary N) is 1. The number of benzene rings is 2.